The van der Waals surface area contributed by atoms with E-state index in [1.807, 2.05) is 43.3 Å². The maximum atomic E-state index is 14.1. The summed E-state index contributed by atoms with van der Waals surface area (Å²) >= 11 is 0. The van der Waals surface area contributed by atoms with Crippen molar-refractivity contribution in [2.45, 2.75) is 33.0 Å². The van der Waals surface area contributed by atoms with Crippen LogP contribution in [0.1, 0.15) is 29.7 Å². The molecule has 0 bridgehead atoms. The maximum Gasteiger partial charge on any atom is 0.217 e. The number of aromatic nitrogens is 2. The normalized spacial score (nSPS) is 14.1. The second-order valence-corrected chi connectivity index (χ2v) is 8.93. The van der Waals surface area contributed by atoms with Gasteiger partial charge in [-0.25, -0.2) is 14.4 Å². The zero-order valence-corrected chi connectivity index (χ0v) is 20.3. The summed E-state index contributed by atoms with van der Waals surface area (Å²) in [4.78, 5) is 9.04. The Morgan fingerprint density at radius 1 is 0.944 bits per heavy atom. The molecule has 7 heteroatoms. The maximum absolute atomic E-state index is 14.1. The second-order valence-electron chi connectivity index (χ2n) is 8.93. The number of rotatable bonds is 9. The molecule has 0 atom stereocenters. The van der Waals surface area contributed by atoms with Gasteiger partial charge in [-0.2, -0.15) is 0 Å². The van der Waals surface area contributed by atoms with E-state index in [0.29, 0.717) is 47.4 Å². The lowest BCUT2D eigenvalue weighted by molar-refractivity contribution is 0.0497. The molecule has 0 spiro atoms. The summed E-state index contributed by atoms with van der Waals surface area (Å²) in [5, 5.41) is 0.633. The number of benzene rings is 2. The Bertz CT molecular complexity index is 1310. The van der Waals surface area contributed by atoms with Gasteiger partial charge in [0.15, 0.2) is 0 Å². The number of halogens is 1. The van der Waals surface area contributed by atoms with Gasteiger partial charge in [0, 0.05) is 36.4 Å². The Balaban J connectivity index is 1.32. The van der Waals surface area contributed by atoms with E-state index in [1.165, 1.54) is 12.1 Å². The van der Waals surface area contributed by atoms with Gasteiger partial charge in [0.05, 0.1) is 17.8 Å². The second kappa shape index (κ2) is 11.4. The number of nitrogens with zero attached hydrogens (tertiary/aromatic N) is 2. The number of pyridine rings is 2. The van der Waals surface area contributed by atoms with Crippen molar-refractivity contribution >= 4 is 10.9 Å². The summed E-state index contributed by atoms with van der Waals surface area (Å²) < 4.78 is 37.6. The highest BCUT2D eigenvalue weighted by Gasteiger charge is 2.16. The summed E-state index contributed by atoms with van der Waals surface area (Å²) in [7, 11) is 0. The highest BCUT2D eigenvalue weighted by Crippen LogP contribution is 2.32. The van der Waals surface area contributed by atoms with Gasteiger partial charge in [-0.05, 0) is 55.5 Å². The Morgan fingerprint density at radius 3 is 2.61 bits per heavy atom. The van der Waals surface area contributed by atoms with Crippen LogP contribution in [0.2, 0.25) is 0 Å². The van der Waals surface area contributed by atoms with Crippen LogP contribution in [0.4, 0.5) is 4.39 Å². The molecule has 0 N–H and O–H groups in total. The van der Waals surface area contributed by atoms with Crippen LogP contribution in [0.15, 0.2) is 66.9 Å². The molecule has 2 aromatic carbocycles. The molecule has 1 fully saturated rings. The quantitative estimate of drug-likeness (QED) is 0.286. The van der Waals surface area contributed by atoms with E-state index in [4.69, 9.17) is 23.9 Å². The minimum atomic E-state index is -0.334. The van der Waals surface area contributed by atoms with Gasteiger partial charge >= 0.3 is 0 Å². The van der Waals surface area contributed by atoms with E-state index in [1.54, 1.807) is 18.3 Å². The molecule has 0 aliphatic carbocycles. The predicted octanol–water partition coefficient (Wildman–Crippen LogP) is 6.04. The molecule has 2 aromatic heterocycles. The number of hydrogen-bond acceptors (Lipinski definition) is 6. The highest BCUT2D eigenvalue weighted by molar-refractivity contribution is 5.86. The largest absolute Gasteiger partial charge is 0.493 e. The Kier molecular flexibility index (Phi) is 7.57. The molecule has 5 rings (SSSR count). The average molecular weight is 489 g/mol. The summed E-state index contributed by atoms with van der Waals surface area (Å²) in [5.41, 5.74) is 3.17. The first kappa shape index (κ1) is 24.0. The number of hydrogen-bond donors (Lipinski definition) is 0. The summed E-state index contributed by atoms with van der Waals surface area (Å²) in [6.07, 6.45) is 3.70. The van der Waals surface area contributed by atoms with Gasteiger partial charge in [-0.15, -0.1) is 0 Å². The van der Waals surface area contributed by atoms with Crippen molar-refractivity contribution in [2.24, 2.45) is 5.92 Å². The lowest BCUT2D eigenvalue weighted by atomic mass is 10.0. The van der Waals surface area contributed by atoms with Crippen LogP contribution in [0.3, 0.4) is 0 Å². The fourth-order valence-electron chi connectivity index (χ4n) is 4.24. The molecule has 3 heterocycles. The van der Waals surface area contributed by atoms with Crippen molar-refractivity contribution in [3.63, 3.8) is 0 Å². The van der Waals surface area contributed by atoms with Crippen LogP contribution in [0.25, 0.3) is 10.9 Å². The van der Waals surface area contributed by atoms with Crippen LogP contribution in [0.5, 0.6) is 17.4 Å². The van der Waals surface area contributed by atoms with Crippen molar-refractivity contribution in [3.05, 3.63) is 89.5 Å². The van der Waals surface area contributed by atoms with Gasteiger partial charge in [-0.1, -0.05) is 30.3 Å². The molecular formula is C29H29FN2O4. The van der Waals surface area contributed by atoms with Crippen LogP contribution in [-0.4, -0.2) is 29.8 Å². The van der Waals surface area contributed by atoms with Gasteiger partial charge in [0.1, 0.15) is 30.5 Å². The van der Waals surface area contributed by atoms with Crippen molar-refractivity contribution in [2.75, 3.05) is 19.8 Å². The van der Waals surface area contributed by atoms with Crippen LogP contribution in [-0.2, 0) is 18.0 Å². The Morgan fingerprint density at radius 2 is 1.78 bits per heavy atom. The first-order valence-electron chi connectivity index (χ1n) is 12.2. The van der Waals surface area contributed by atoms with E-state index < -0.39 is 0 Å². The molecule has 1 aliphatic heterocycles. The monoisotopic (exact) mass is 488 g/mol. The topological polar surface area (TPSA) is 62.7 Å². The molecule has 6 nitrogen and oxygen atoms in total. The molecule has 0 unspecified atom stereocenters. The molecule has 1 aliphatic rings. The third kappa shape index (κ3) is 5.91. The molecular weight excluding hydrogens is 459 g/mol. The summed E-state index contributed by atoms with van der Waals surface area (Å²) in [6.45, 7) is 4.71. The number of fused-ring (bicyclic) bond motifs is 1. The molecule has 36 heavy (non-hydrogen) atoms. The van der Waals surface area contributed by atoms with E-state index in [-0.39, 0.29) is 12.4 Å². The van der Waals surface area contributed by atoms with E-state index in [2.05, 4.69) is 4.98 Å². The van der Waals surface area contributed by atoms with E-state index in [0.717, 1.165) is 42.9 Å². The Labute approximate surface area is 210 Å². The van der Waals surface area contributed by atoms with Crippen LogP contribution in [0, 0.1) is 18.7 Å². The highest BCUT2D eigenvalue weighted by atomic mass is 19.1. The molecule has 0 saturated carbocycles. The fourth-order valence-corrected chi connectivity index (χ4v) is 4.24. The minimum absolute atomic E-state index is 0.192. The zero-order chi connectivity index (χ0) is 24.7. The first-order chi connectivity index (χ1) is 17.7. The fraction of sp³-hybridized carbons (Fsp3) is 0.310. The molecule has 186 valence electrons. The Hall–Kier alpha value is -3.71. The smallest absolute Gasteiger partial charge is 0.217 e. The van der Waals surface area contributed by atoms with E-state index >= 15 is 0 Å². The molecule has 4 aromatic rings. The van der Waals surface area contributed by atoms with Crippen LogP contribution >= 0.6 is 0 Å². The third-order valence-electron chi connectivity index (χ3n) is 6.35. The first-order valence-corrected chi connectivity index (χ1v) is 12.2. The van der Waals surface area contributed by atoms with Crippen molar-refractivity contribution < 1.29 is 23.3 Å². The zero-order valence-electron chi connectivity index (χ0n) is 20.3. The summed E-state index contributed by atoms with van der Waals surface area (Å²) in [6, 6.07) is 18.0. The number of ether oxygens (including phenoxy) is 4. The molecule has 0 amide bonds. The van der Waals surface area contributed by atoms with Crippen molar-refractivity contribution in [1.82, 2.24) is 9.97 Å². The SMILES string of the molecule is Cc1c(COc2cc(OCC3CCOCC3)ccn2)nc2ccc(F)cc2c1OCc1ccccc1. The van der Waals surface area contributed by atoms with Crippen molar-refractivity contribution in [1.29, 1.82) is 0 Å². The van der Waals surface area contributed by atoms with Gasteiger partial charge in [0.2, 0.25) is 5.88 Å². The third-order valence-corrected chi connectivity index (χ3v) is 6.35. The van der Waals surface area contributed by atoms with Gasteiger partial charge in [0.25, 0.3) is 0 Å². The lowest BCUT2D eigenvalue weighted by Crippen LogP contribution is -2.21. The van der Waals surface area contributed by atoms with Gasteiger partial charge in [-0.3, -0.25) is 0 Å². The average Bonchev–Trinajstić information content (AvgIpc) is 2.92. The molecule has 0 radical (unpaired) electrons. The van der Waals surface area contributed by atoms with Gasteiger partial charge < -0.3 is 18.9 Å². The van der Waals surface area contributed by atoms with E-state index in [9.17, 15) is 4.39 Å². The standard InChI is InChI=1S/C29H29FN2O4/c1-20-27(19-35-28-16-24(9-12-31-28)34-17-22-10-13-33-14-11-22)32-26-8-7-23(30)15-25(26)29(20)36-18-21-5-3-2-4-6-21/h2-9,12,15-16,22H,10-11,13-14,17-19H2,1H3. The summed E-state index contributed by atoms with van der Waals surface area (Å²) in [5.74, 6) is 1.94. The predicted molar refractivity (Wildman–Crippen MR) is 135 cm³/mol. The van der Waals surface area contributed by atoms with Crippen molar-refractivity contribution in [3.8, 4) is 17.4 Å². The lowest BCUT2D eigenvalue weighted by Gasteiger charge is -2.22. The van der Waals surface area contributed by atoms with Crippen LogP contribution < -0.4 is 14.2 Å². The minimum Gasteiger partial charge on any atom is -0.493 e. The molecule has 1 saturated heterocycles.